The number of hydrogen-bond acceptors (Lipinski definition) is 6. The van der Waals surface area contributed by atoms with Gasteiger partial charge < -0.3 is 19.3 Å². The Balaban J connectivity index is 1.66. The first-order valence-electron chi connectivity index (χ1n) is 10.3. The number of benzene rings is 1. The molecule has 31 heavy (non-hydrogen) atoms. The first-order valence-corrected chi connectivity index (χ1v) is 10.3. The highest BCUT2D eigenvalue weighted by Crippen LogP contribution is 2.34. The van der Waals surface area contributed by atoms with Gasteiger partial charge in [0.2, 0.25) is 5.95 Å². The Morgan fingerprint density at radius 1 is 1.16 bits per heavy atom. The van der Waals surface area contributed by atoms with Crippen LogP contribution in [0, 0.1) is 0 Å². The minimum absolute atomic E-state index is 0.00618. The smallest absolute Gasteiger partial charge is 0.408 e. The summed E-state index contributed by atoms with van der Waals surface area (Å²) in [6.07, 6.45) is -4.22. The second-order valence-electron chi connectivity index (χ2n) is 7.64. The molecule has 1 saturated heterocycles. The van der Waals surface area contributed by atoms with E-state index in [9.17, 15) is 18.0 Å². The van der Waals surface area contributed by atoms with Crippen molar-refractivity contribution in [3.8, 4) is 5.75 Å². The summed E-state index contributed by atoms with van der Waals surface area (Å²) < 4.78 is 53.4. The molecule has 1 atom stereocenters. The zero-order valence-corrected chi connectivity index (χ0v) is 17.3. The van der Waals surface area contributed by atoms with Crippen LogP contribution in [0.3, 0.4) is 0 Å². The van der Waals surface area contributed by atoms with E-state index in [1.54, 1.807) is 19.2 Å². The van der Waals surface area contributed by atoms with Crippen molar-refractivity contribution in [1.82, 2.24) is 9.55 Å². The van der Waals surface area contributed by atoms with Gasteiger partial charge in [0.25, 0.3) is 5.56 Å². The second-order valence-corrected chi connectivity index (χ2v) is 7.64. The highest BCUT2D eigenvalue weighted by atomic mass is 19.4. The maximum Gasteiger partial charge on any atom is 0.408 e. The fourth-order valence-corrected chi connectivity index (χ4v) is 4.05. The average molecular weight is 438 g/mol. The van der Waals surface area contributed by atoms with Crippen LogP contribution in [0.4, 0.5) is 24.9 Å². The zero-order chi connectivity index (χ0) is 22.0. The summed E-state index contributed by atoms with van der Waals surface area (Å²) in [5.41, 5.74) is 0.548. The fourth-order valence-electron chi connectivity index (χ4n) is 4.05. The SMILES string of the molecule is COc1ccc(CCN2c3nc(N4CCOCC4)cc(=O)n3CCC2C(F)(F)F)cc1. The van der Waals surface area contributed by atoms with E-state index in [2.05, 4.69) is 4.98 Å². The van der Waals surface area contributed by atoms with E-state index in [0.29, 0.717) is 44.3 Å². The molecule has 0 bridgehead atoms. The molecule has 3 heterocycles. The molecule has 7 nitrogen and oxygen atoms in total. The lowest BCUT2D eigenvalue weighted by atomic mass is 10.1. The van der Waals surface area contributed by atoms with Gasteiger partial charge in [0.05, 0.1) is 20.3 Å². The van der Waals surface area contributed by atoms with Crippen molar-refractivity contribution in [1.29, 1.82) is 0 Å². The van der Waals surface area contributed by atoms with Crippen LogP contribution in [0.1, 0.15) is 12.0 Å². The normalized spacial score (nSPS) is 19.3. The number of rotatable bonds is 5. The van der Waals surface area contributed by atoms with E-state index in [4.69, 9.17) is 9.47 Å². The highest BCUT2D eigenvalue weighted by molar-refractivity contribution is 5.47. The van der Waals surface area contributed by atoms with Gasteiger partial charge in [-0.05, 0) is 30.5 Å². The number of morpholine rings is 1. The molecule has 10 heteroatoms. The van der Waals surface area contributed by atoms with Crippen LogP contribution in [0.15, 0.2) is 35.1 Å². The molecule has 0 aliphatic carbocycles. The highest BCUT2D eigenvalue weighted by Gasteiger charge is 2.46. The van der Waals surface area contributed by atoms with E-state index in [1.165, 1.54) is 15.5 Å². The lowest BCUT2D eigenvalue weighted by Crippen LogP contribution is -2.53. The van der Waals surface area contributed by atoms with Crippen LogP contribution in [0.25, 0.3) is 0 Å². The Hall–Kier alpha value is -2.75. The van der Waals surface area contributed by atoms with E-state index >= 15 is 0 Å². The molecule has 0 amide bonds. The lowest BCUT2D eigenvalue weighted by Gasteiger charge is -2.39. The molecule has 1 aromatic carbocycles. The fraction of sp³-hybridized carbons (Fsp3) is 0.524. The Bertz CT molecular complexity index is 956. The molecule has 2 aliphatic heterocycles. The quantitative estimate of drug-likeness (QED) is 0.715. The van der Waals surface area contributed by atoms with Crippen LogP contribution < -0.4 is 20.1 Å². The van der Waals surface area contributed by atoms with Gasteiger partial charge in [0.15, 0.2) is 0 Å². The van der Waals surface area contributed by atoms with Gasteiger partial charge >= 0.3 is 6.18 Å². The van der Waals surface area contributed by atoms with Gasteiger partial charge in [-0.25, -0.2) is 0 Å². The molecule has 168 valence electrons. The van der Waals surface area contributed by atoms with Crippen molar-refractivity contribution in [3.05, 3.63) is 46.2 Å². The standard InChI is InChI=1S/C21H25F3N4O3/c1-30-16-4-2-15(3-5-16)6-8-27-17(21(22,23)24)7-9-28-19(29)14-18(25-20(27)28)26-10-12-31-13-11-26/h2-5,14,17H,6-13H2,1H3. The number of fused-ring (bicyclic) bond motifs is 1. The van der Waals surface area contributed by atoms with Gasteiger partial charge in [-0.3, -0.25) is 9.36 Å². The summed E-state index contributed by atoms with van der Waals surface area (Å²) >= 11 is 0. The van der Waals surface area contributed by atoms with Crippen LogP contribution in [-0.2, 0) is 17.7 Å². The third-order valence-electron chi connectivity index (χ3n) is 5.75. The molecule has 0 saturated carbocycles. The number of methoxy groups -OCH3 is 1. The Morgan fingerprint density at radius 3 is 2.52 bits per heavy atom. The first-order chi connectivity index (χ1) is 14.9. The van der Waals surface area contributed by atoms with Crippen molar-refractivity contribution < 1.29 is 22.6 Å². The Labute approximate surface area is 178 Å². The maximum absolute atomic E-state index is 13.9. The summed E-state index contributed by atoms with van der Waals surface area (Å²) in [5, 5.41) is 0. The molecular formula is C21H25F3N4O3. The molecule has 0 radical (unpaired) electrons. The van der Waals surface area contributed by atoms with Gasteiger partial charge in [0, 0.05) is 32.2 Å². The zero-order valence-electron chi connectivity index (χ0n) is 17.3. The van der Waals surface area contributed by atoms with Crippen LogP contribution >= 0.6 is 0 Å². The molecule has 1 aromatic heterocycles. The largest absolute Gasteiger partial charge is 0.497 e. The van der Waals surface area contributed by atoms with E-state index in [0.717, 1.165) is 5.56 Å². The van der Waals surface area contributed by atoms with Crippen molar-refractivity contribution >= 4 is 11.8 Å². The van der Waals surface area contributed by atoms with Gasteiger partial charge in [-0.15, -0.1) is 0 Å². The second kappa shape index (κ2) is 8.78. The van der Waals surface area contributed by atoms with Gasteiger partial charge in [0.1, 0.15) is 17.6 Å². The monoisotopic (exact) mass is 438 g/mol. The summed E-state index contributed by atoms with van der Waals surface area (Å²) in [7, 11) is 1.56. The van der Waals surface area contributed by atoms with Gasteiger partial charge in [-0.2, -0.15) is 18.2 Å². The predicted molar refractivity (Wildman–Crippen MR) is 110 cm³/mol. The third kappa shape index (κ3) is 4.63. The summed E-state index contributed by atoms with van der Waals surface area (Å²) in [4.78, 5) is 20.4. The Kier molecular flexibility index (Phi) is 6.08. The predicted octanol–water partition coefficient (Wildman–Crippen LogP) is 2.47. The number of aromatic nitrogens is 2. The number of alkyl halides is 3. The molecular weight excluding hydrogens is 413 g/mol. The van der Waals surface area contributed by atoms with Crippen LogP contribution in [0.2, 0.25) is 0 Å². The maximum atomic E-state index is 13.9. The summed E-state index contributed by atoms with van der Waals surface area (Å²) in [6, 6.07) is 6.94. The van der Waals surface area contributed by atoms with Crippen LogP contribution in [0.5, 0.6) is 5.75 Å². The number of hydrogen-bond donors (Lipinski definition) is 0. The summed E-state index contributed by atoms with van der Waals surface area (Å²) in [5.74, 6) is 1.16. The average Bonchev–Trinajstić information content (AvgIpc) is 2.77. The molecule has 1 fully saturated rings. The molecule has 0 spiro atoms. The number of nitrogens with zero attached hydrogens (tertiary/aromatic N) is 4. The first kappa shape index (κ1) is 21.5. The van der Waals surface area contributed by atoms with Crippen molar-refractivity contribution in [2.75, 3.05) is 49.8 Å². The lowest BCUT2D eigenvalue weighted by molar-refractivity contribution is -0.152. The van der Waals surface area contributed by atoms with Crippen molar-refractivity contribution in [2.24, 2.45) is 0 Å². The van der Waals surface area contributed by atoms with Crippen molar-refractivity contribution in [2.45, 2.75) is 31.6 Å². The molecule has 2 aliphatic rings. The van der Waals surface area contributed by atoms with E-state index in [-0.39, 0.29) is 31.0 Å². The van der Waals surface area contributed by atoms with Crippen LogP contribution in [-0.4, -0.2) is 61.7 Å². The molecule has 4 rings (SSSR count). The number of ether oxygens (including phenoxy) is 2. The van der Waals surface area contributed by atoms with Gasteiger partial charge in [-0.1, -0.05) is 12.1 Å². The minimum Gasteiger partial charge on any atom is -0.497 e. The number of halogens is 3. The van der Waals surface area contributed by atoms with Crippen molar-refractivity contribution in [3.63, 3.8) is 0 Å². The molecule has 1 unspecified atom stereocenters. The molecule has 2 aromatic rings. The Morgan fingerprint density at radius 2 is 1.87 bits per heavy atom. The topological polar surface area (TPSA) is 59.8 Å². The number of anilines is 2. The third-order valence-corrected chi connectivity index (χ3v) is 5.75. The van der Waals surface area contributed by atoms with E-state index < -0.39 is 12.2 Å². The van der Waals surface area contributed by atoms with E-state index in [1.807, 2.05) is 17.0 Å². The summed E-state index contributed by atoms with van der Waals surface area (Å²) in [6.45, 7) is 2.16. The minimum atomic E-state index is -4.42. The molecule has 0 N–H and O–H groups in total.